The fourth-order valence-electron chi connectivity index (χ4n) is 2.38. The molecule has 0 fully saturated rings. The van der Waals surface area contributed by atoms with Gasteiger partial charge < -0.3 is 16.0 Å². The van der Waals surface area contributed by atoms with Crippen molar-refractivity contribution in [3.63, 3.8) is 0 Å². The molecule has 4 N–H and O–H groups in total. The molecule has 0 radical (unpaired) electrons. The third-order valence-corrected chi connectivity index (χ3v) is 3.87. The van der Waals surface area contributed by atoms with Crippen molar-refractivity contribution in [1.29, 1.82) is 0 Å². The summed E-state index contributed by atoms with van der Waals surface area (Å²) in [6.07, 6.45) is -0.0160. The molecule has 0 aliphatic heterocycles. The van der Waals surface area contributed by atoms with Crippen molar-refractivity contribution in [3.8, 4) is 0 Å². The normalized spacial score (nSPS) is 11.0. The molecule has 0 aliphatic rings. The monoisotopic (exact) mass is 409 g/mol. The summed E-state index contributed by atoms with van der Waals surface area (Å²) in [5.41, 5.74) is 5.04. The summed E-state index contributed by atoms with van der Waals surface area (Å²) in [6.45, 7) is 5.84. The van der Waals surface area contributed by atoms with E-state index in [2.05, 4.69) is 26.5 Å². The minimum Gasteiger partial charge on any atom is -0.356 e. The van der Waals surface area contributed by atoms with Crippen LogP contribution in [0.2, 0.25) is 0 Å². The van der Waals surface area contributed by atoms with Gasteiger partial charge in [-0.05, 0) is 49.2 Å². The highest BCUT2D eigenvalue weighted by Crippen LogP contribution is 2.18. The molecule has 8 heteroatoms. The standard InChI is InChI=1S/C22H27N5O3/c1-15(2)14-23-21(29)22(30)27-26-16(3)13-20(28)25-19-11-9-18(10-12-19)24-17-7-5-4-6-8-17/h4-12,15,24H,13-14H2,1-3H3,(H,23,29)(H,25,28)(H,27,30)/b26-16-. The van der Waals surface area contributed by atoms with Gasteiger partial charge in [-0.3, -0.25) is 14.4 Å². The molecule has 158 valence electrons. The summed E-state index contributed by atoms with van der Waals surface area (Å²) < 4.78 is 0. The summed E-state index contributed by atoms with van der Waals surface area (Å²) in [4.78, 5) is 35.4. The molecule has 0 saturated heterocycles. The predicted molar refractivity (Wildman–Crippen MR) is 119 cm³/mol. The maximum Gasteiger partial charge on any atom is 0.329 e. The van der Waals surface area contributed by atoms with E-state index in [4.69, 9.17) is 0 Å². The Morgan fingerprint density at radius 2 is 1.47 bits per heavy atom. The number of hydrazone groups is 1. The van der Waals surface area contributed by atoms with Crippen LogP contribution < -0.4 is 21.4 Å². The van der Waals surface area contributed by atoms with Gasteiger partial charge in [-0.2, -0.15) is 5.10 Å². The predicted octanol–water partition coefficient (Wildman–Crippen LogP) is 3.02. The van der Waals surface area contributed by atoms with E-state index in [-0.39, 0.29) is 18.2 Å². The van der Waals surface area contributed by atoms with E-state index in [9.17, 15) is 14.4 Å². The third kappa shape index (κ3) is 8.14. The smallest absolute Gasteiger partial charge is 0.329 e. The molecule has 3 amide bonds. The first-order valence-electron chi connectivity index (χ1n) is 9.67. The topological polar surface area (TPSA) is 112 Å². The van der Waals surface area contributed by atoms with Gasteiger partial charge in [0.1, 0.15) is 0 Å². The second-order valence-electron chi connectivity index (χ2n) is 7.19. The molecule has 2 aromatic rings. The molecule has 0 aliphatic carbocycles. The Labute approximate surface area is 176 Å². The van der Waals surface area contributed by atoms with Gasteiger partial charge in [-0.1, -0.05) is 32.0 Å². The van der Waals surface area contributed by atoms with E-state index in [0.29, 0.717) is 17.9 Å². The van der Waals surface area contributed by atoms with Gasteiger partial charge in [0, 0.05) is 29.3 Å². The van der Waals surface area contributed by atoms with Gasteiger partial charge in [-0.15, -0.1) is 0 Å². The van der Waals surface area contributed by atoms with E-state index < -0.39 is 11.8 Å². The van der Waals surface area contributed by atoms with E-state index in [0.717, 1.165) is 11.4 Å². The van der Waals surface area contributed by atoms with E-state index >= 15 is 0 Å². The van der Waals surface area contributed by atoms with Crippen LogP contribution in [0.3, 0.4) is 0 Å². The average Bonchev–Trinajstić information content (AvgIpc) is 2.72. The zero-order valence-electron chi connectivity index (χ0n) is 17.4. The number of hydrogen-bond donors (Lipinski definition) is 4. The fourth-order valence-corrected chi connectivity index (χ4v) is 2.38. The van der Waals surface area contributed by atoms with Crippen LogP contribution in [-0.2, 0) is 14.4 Å². The summed E-state index contributed by atoms with van der Waals surface area (Å²) in [5, 5.41) is 12.3. The van der Waals surface area contributed by atoms with Crippen molar-refractivity contribution in [2.24, 2.45) is 11.0 Å². The van der Waals surface area contributed by atoms with Crippen LogP contribution in [-0.4, -0.2) is 30.0 Å². The molecule has 0 bridgehead atoms. The number of para-hydroxylation sites is 1. The Morgan fingerprint density at radius 3 is 2.10 bits per heavy atom. The number of carbonyl (C=O) groups is 3. The van der Waals surface area contributed by atoms with Crippen LogP contribution in [0, 0.1) is 5.92 Å². The first-order chi connectivity index (χ1) is 14.3. The highest BCUT2D eigenvalue weighted by molar-refractivity contribution is 6.35. The van der Waals surface area contributed by atoms with Crippen LogP contribution in [0.1, 0.15) is 27.2 Å². The van der Waals surface area contributed by atoms with Crippen molar-refractivity contribution in [2.45, 2.75) is 27.2 Å². The lowest BCUT2D eigenvalue weighted by Crippen LogP contribution is -2.39. The SMILES string of the molecule is C/C(CC(=O)Nc1ccc(Nc2ccccc2)cc1)=N/NC(=O)C(=O)NCC(C)C. The summed E-state index contributed by atoms with van der Waals surface area (Å²) in [6, 6.07) is 17.1. The summed E-state index contributed by atoms with van der Waals surface area (Å²) in [7, 11) is 0. The van der Waals surface area contributed by atoms with Gasteiger partial charge in [0.15, 0.2) is 0 Å². The molecule has 0 heterocycles. The van der Waals surface area contributed by atoms with Crippen molar-refractivity contribution in [2.75, 3.05) is 17.2 Å². The van der Waals surface area contributed by atoms with Gasteiger partial charge in [-0.25, -0.2) is 5.43 Å². The number of anilines is 3. The third-order valence-electron chi connectivity index (χ3n) is 3.87. The van der Waals surface area contributed by atoms with Crippen LogP contribution >= 0.6 is 0 Å². The van der Waals surface area contributed by atoms with E-state index in [1.54, 1.807) is 19.1 Å². The Balaban J connectivity index is 1.79. The molecular formula is C22H27N5O3. The van der Waals surface area contributed by atoms with E-state index in [1.807, 2.05) is 56.3 Å². The molecule has 0 aromatic heterocycles. The zero-order valence-corrected chi connectivity index (χ0v) is 17.4. The molecule has 8 nitrogen and oxygen atoms in total. The Morgan fingerprint density at radius 1 is 0.867 bits per heavy atom. The minimum atomic E-state index is -0.864. The minimum absolute atomic E-state index is 0.0160. The van der Waals surface area contributed by atoms with Crippen LogP contribution in [0.5, 0.6) is 0 Å². The average molecular weight is 409 g/mol. The van der Waals surface area contributed by atoms with Crippen molar-refractivity contribution in [1.82, 2.24) is 10.7 Å². The first-order valence-corrected chi connectivity index (χ1v) is 9.67. The van der Waals surface area contributed by atoms with Crippen LogP contribution in [0.25, 0.3) is 0 Å². The van der Waals surface area contributed by atoms with Gasteiger partial charge >= 0.3 is 11.8 Å². The van der Waals surface area contributed by atoms with Crippen LogP contribution in [0.4, 0.5) is 17.1 Å². The molecular weight excluding hydrogens is 382 g/mol. The lowest BCUT2D eigenvalue weighted by Gasteiger charge is -2.09. The number of carbonyl (C=O) groups excluding carboxylic acids is 3. The van der Waals surface area contributed by atoms with Gasteiger partial charge in [0.25, 0.3) is 0 Å². The second-order valence-corrected chi connectivity index (χ2v) is 7.19. The Hall–Kier alpha value is -3.68. The number of amides is 3. The largest absolute Gasteiger partial charge is 0.356 e. The molecule has 0 atom stereocenters. The summed E-state index contributed by atoms with van der Waals surface area (Å²) >= 11 is 0. The summed E-state index contributed by atoms with van der Waals surface area (Å²) in [5.74, 6) is -1.66. The lowest BCUT2D eigenvalue weighted by molar-refractivity contribution is -0.139. The van der Waals surface area contributed by atoms with Crippen LogP contribution in [0.15, 0.2) is 59.7 Å². The number of nitrogens with zero attached hydrogens (tertiary/aromatic N) is 1. The Bertz CT molecular complexity index is 893. The first kappa shape index (κ1) is 22.6. The molecule has 2 aromatic carbocycles. The zero-order chi connectivity index (χ0) is 21.9. The van der Waals surface area contributed by atoms with E-state index in [1.165, 1.54) is 0 Å². The molecule has 2 rings (SSSR count). The molecule has 0 unspecified atom stereocenters. The molecule has 0 spiro atoms. The quantitative estimate of drug-likeness (QED) is 0.305. The van der Waals surface area contributed by atoms with Crippen molar-refractivity contribution >= 4 is 40.5 Å². The maximum atomic E-state index is 12.2. The number of hydrogen-bond acceptors (Lipinski definition) is 5. The molecule has 0 saturated carbocycles. The number of rotatable bonds is 8. The molecule has 30 heavy (non-hydrogen) atoms. The second kappa shape index (κ2) is 11.4. The highest BCUT2D eigenvalue weighted by atomic mass is 16.2. The Kier molecular flexibility index (Phi) is 8.56. The number of nitrogens with one attached hydrogen (secondary N) is 4. The fraction of sp³-hybridized carbons (Fsp3) is 0.273. The maximum absolute atomic E-state index is 12.2. The van der Waals surface area contributed by atoms with Crippen molar-refractivity contribution in [3.05, 3.63) is 54.6 Å². The van der Waals surface area contributed by atoms with Crippen molar-refractivity contribution < 1.29 is 14.4 Å². The van der Waals surface area contributed by atoms with Gasteiger partial charge in [0.05, 0.1) is 6.42 Å². The number of benzene rings is 2. The highest BCUT2D eigenvalue weighted by Gasteiger charge is 2.13. The lowest BCUT2D eigenvalue weighted by atomic mass is 10.2. The van der Waals surface area contributed by atoms with Gasteiger partial charge in [0.2, 0.25) is 5.91 Å².